The molecule has 6 nitrogen and oxygen atoms in total. The van der Waals surface area contributed by atoms with Crippen molar-refractivity contribution in [3.05, 3.63) is 59.7 Å². The Labute approximate surface area is 179 Å². The largest absolute Gasteiger partial charge is 0.497 e. The number of carbonyl (C=O) groups is 2. The van der Waals surface area contributed by atoms with E-state index < -0.39 is 6.04 Å². The molecule has 162 valence electrons. The molecule has 6 heteroatoms. The minimum atomic E-state index is -0.640. The van der Waals surface area contributed by atoms with Crippen LogP contribution in [-0.2, 0) is 16.1 Å². The highest BCUT2D eigenvalue weighted by Crippen LogP contribution is 2.17. The average Bonchev–Trinajstić information content (AvgIpc) is 2.76. The topological polar surface area (TPSA) is 67.9 Å². The predicted molar refractivity (Wildman–Crippen MR) is 118 cm³/mol. The first kappa shape index (κ1) is 23.3. The van der Waals surface area contributed by atoms with E-state index in [1.54, 1.807) is 18.9 Å². The minimum Gasteiger partial charge on any atom is -0.497 e. The molecule has 0 aliphatic rings. The summed E-state index contributed by atoms with van der Waals surface area (Å²) in [6, 6.07) is 14.4. The summed E-state index contributed by atoms with van der Waals surface area (Å²) in [4.78, 5) is 27.3. The average molecular weight is 413 g/mol. The zero-order valence-corrected chi connectivity index (χ0v) is 18.5. The summed E-state index contributed by atoms with van der Waals surface area (Å²) in [5.41, 5.74) is 1.99. The third kappa shape index (κ3) is 6.79. The molecule has 2 aromatic carbocycles. The summed E-state index contributed by atoms with van der Waals surface area (Å²) in [5, 5.41) is 2.95. The number of ether oxygens (including phenoxy) is 2. The lowest BCUT2D eigenvalue weighted by Gasteiger charge is -2.29. The summed E-state index contributed by atoms with van der Waals surface area (Å²) in [6.07, 6.45) is 0.818. The number of methoxy groups -OCH3 is 1. The van der Waals surface area contributed by atoms with Gasteiger partial charge in [0.25, 0.3) is 5.91 Å². The second-order valence-electron chi connectivity index (χ2n) is 7.47. The van der Waals surface area contributed by atoms with Gasteiger partial charge in [-0.05, 0) is 57.0 Å². The van der Waals surface area contributed by atoms with Crippen molar-refractivity contribution in [3.8, 4) is 11.5 Å². The SMILES string of the molecule is CC[C@@H](C)NC(=O)[C@@H](C)N(Cc1cccc(OC)c1)C(=O)COc1ccc(C)cc1. The van der Waals surface area contributed by atoms with Crippen molar-refractivity contribution in [1.82, 2.24) is 10.2 Å². The number of nitrogens with zero attached hydrogens (tertiary/aromatic N) is 1. The quantitative estimate of drug-likeness (QED) is 0.646. The molecule has 0 bridgehead atoms. The van der Waals surface area contributed by atoms with Crippen LogP contribution in [0.1, 0.15) is 38.3 Å². The number of rotatable bonds is 10. The molecule has 0 unspecified atom stereocenters. The molecule has 0 spiro atoms. The van der Waals surface area contributed by atoms with Gasteiger partial charge in [0.2, 0.25) is 5.91 Å². The van der Waals surface area contributed by atoms with Crippen LogP contribution in [0.3, 0.4) is 0 Å². The summed E-state index contributed by atoms with van der Waals surface area (Å²) >= 11 is 0. The third-order valence-corrected chi connectivity index (χ3v) is 5.04. The predicted octanol–water partition coefficient (Wildman–Crippen LogP) is 3.71. The molecule has 2 atom stereocenters. The first-order valence-electron chi connectivity index (χ1n) is 10.3. The molecule has 0 saturated carbocycles. The Morgan fingerprint density at radius 3 is 2.40 bits per heavy atom. The molecule has 30 heavy (non-hydrogen) atoms. The van der Waals surface area contributed by atoms with E-state index in [1.807, 2.05) is 69.3 Å². The number of benzene rings is 2. The van der Waals surface area contributed by atoms with Crippen LogP contribution in [0.5, 0.6) is 11.5 Å². The fourth-order valence-corrected chi connectivity index (χ4v) is 2.88. The van der Waals surface area contributed by atoms with Gasteiger partial charge in [-0.2, -0.15) is 0 Å². The van der Waals surface area contributed by atoms with Crippen LogP contribution in [0.2, 0.25) is 0 Å². The molecule has 0 saturated heterocycles. The maximum Gasteiger partial charge on any atom is 0.261 e. The number of nitrogens with one attached hydrogen (secondary N) is 1. The van der Waals surface area contributed by atoms with E-state index in [0.717, 1.165) is 17.5 Å². The van der Waals surface area contributed by atoms with Crippen LogP contribution in [0.25, 0.3) is 0 Å². The first-order valence-corrected chi connectivity index (χ1v) is 10.3. The number of amides is 2. The fraction of sp³-hybridized carbons (Fsp3) is 0.417. The highest BCUT2D eigenvalue weighted by Gasteiger charge is 2.27. The van der Waals surface area contributed by atoms with E-state index in [1.165, 1.54) is 0 Å². The second-order valence-corrected chi connectivity index (χ2v) is 7.47. The molecule has 2 aromatic rings. The van der Waals surface area contributed by atoms with E-state index in [4.69, 9.17) is 9.47 Å². The lowest BCUT2D eigenvalue weighted by atomic mass is 10.1. The highest BCUT2D eigenvalue weighted by molar-refractivity contribution is 5.88. The Hall–Kier alpha value is -3.02. The van der Waals surface area contributed by atoms with Crippen molar-refractivity contribution in [3.63, 3.8) is 0 Å². The number of hydrogen-bond acceptors (Lipinski definition) is 4. The van der Waals surface area contributed by atoms with Gasteiger partial charge in [-0.25, -0.2) is 0 Å². The summed E-state index contributed by atoms with van der Waals surface area (Å²) in [5.74, 6) is 0.876. The smallest absolute Gasteiger partial charge is 0.261 e. The standard InChI is InChI=1S/C24H32N2O4/c1-6-18(3)25-24(28)19(4)26(15-20-8-7-9-22(14-20)29-5)23(27)16-30-21-12-10-17(2)11-13-21/h7-14,18-19H,6,15-16H2,1-5H3,(H,25,28)/t18-,19-/m1/s1. The molecule has 2 rings (SSSR count). The molecule has 0 fully saturated rings. The maximum atomic E-state index is 13.0. The molecule has 0 radical (unpaired) electrons. The van der Waals surface area contributed by atoms with Crippen LogP contribution >= 0.6 is 0 Å². The van der Waals surface area contributed by atoms with Crippen molar-refractivity contribution >= 4 is 11.8 Å². The molecule has 0 aliphatic heterocycles. The zero-order chi connectivity index (χ0) is 22.1. The van der Waals surface area contributed by atoms with Crippen LogP contribution < -0.4 is 14.8 Å². The number of carbonyl (C=O) groups excluding carboxylic acids is 2. The van der Waals surface area contributed by atoms with Crippen molar-refractivity contribution in [1.29, 1.82) is 0 Å². The molecule has 1 N–H and O–H groups in total. The molecular weight excluding hydrogens is 380 g/mol. The van der Waals surface area contributed by atoms with Gasteiger partial charge >= 0.3 is 0 Å². The Balaban J connectivity index is 2.16. The number of hydrogen-bond donors (Lipinski definition) is 1. The molecule has 0 aliphatic carbocycles. The summed E-state index contributed by atoms with van der Waals surface area (Å²) in [7, 11) is 1.60. The Kier molecular flexibility index (Phi) is 8.71. The second kappa shape index (κ2) is 11.2. The lowest BCUT2D eigenvalue weighted by molar-refractivity contribution is -0.142. The lowest BCUT2D eigenvalue weighted by Crippen LogP contribution is -2.50. The van der Waals surface area contributed by atoms with Gasteiger partial charge in [-0.1, -0.05) is 36.8 Å². The fourth-order valence-electron chi connectivity index (χ4n) is 2.88. The minimum absolute atomic E-state index is 0.0394. The third-order valence-electron chi connectivity index (χ3n) is 5.04. The summed E-state index contributed by atoms with van der Waals surface area (Å²) < 4.78 is 11.0. The van der Waals surface area contributed by atoms with Gasteiger partial charge in [0.05, 0.1) is 7.11 Å². The van der Waals surface area contributed by atoms with E-state index in [2.05, 4.69) is 5.32 Å². The van der Waals surface area contributed by atoms with Crippen LogP contribution in [0, 0.1) is 6.92 Å². The number of aryl methyl sites for hydroxylation is 1. The van der Waals surface area contributed by atoms with E-state index in [9.17, 15) is 9.59 Å². The zero-order valence-electron chi connectivity index (χ0n) is 18.5. The van der Waals surface area contributed by atoms with Crippen LogP contribution in [0.4, 0.5) is 0 Å². The highest BCUT2D eigenvalue weighted by atomic mass is 16.5. The Morgan fingerprint density at radius 2 is 1.77 bits per heavy atom. The Morgan fingerprint density at radius 1 is 1.07 bits per heavy atom. The van der Waals surface area contributed by atoms with E-state index in [-0.39, 0.29) is 31.0 Å². The van der Waals surface area contributed by atoms with Gasteiger partial charge in [-0.15, -0.1) is 0 Å². The van der Waals surface area contributed by atoms with Gasteiger partial charge in [0, 0.05) is 12.6 Å². The van der Waals surface area contributed by atoms with Gasteiger partial charge < -0.3 is 19.7 Å². The van der Waals surface area contributed by atoms with Crippen LogP contribution in [-0.4, -0.2) is 42.5 Å². The molecule has 0 heterocycles. The normalized spacial score (nSPS) is 12.6. The van der Waals surface area contributed by atoms with Crippen molar-refractivity contribution in [2.24, 2.45) is 0 Å². The molecular formula is C24H32N2O4. The van der Waals surface area contributed by atoms with Gasteiger partial charge in [0.1, 0.15) is 17.5 Å². The van der Waals surface area contributed by atoms with Gasteiger partial charge in [0.15, 0.2) is 6.61 Å². The van der Waals surface area contributed by atoms with Crippen molar-refractivity contribution < 1.29 is 19.1 Å². The van der Waals surface area contributed by atoms with E-state index in [0.29, 0.717) is 11.5 Å². The monoisotopic (exact) mass is 412 g/mol. The maximum absolute atomic E-state index is 13.0. The Bertz CT molecular complexity index is 835. The molecule has 0 aromatic heterocycles. The first-order chi connectivity index (χ1) is 14.3. The van der Waals surface area contributed by atoms with Crippen molar-refractivity contribution in [2.45, 2.75) is 52.7 Å². The van der Waals surface area contributed by atoms with Gasteiger partial charge in [-0.3, -0.25) is 9.59 Å². The van der Waals surface area contributed by atoms with E-state index >= 15 is 0 Å². The molecule has 2 amide bonds. The van der Waals surface area contributed by atoms with Crippen molar-refractivity contribution in [2.75, 3.05) is 13.7 Å². The van der Waals surface area contributed by atoms with Crippen LogP contribution in [0.15, 0.2) is 48.5 Å². The summed E-state index contributed by atoms with van der Waals surface area (Å²) in [6.45, 7) is 7.81.